The summed E-state index contributed by atoms with van der Waals surface area (Å²) < 4.78 is 5.74. The van der Waals surface area contributed by atoms with Gasteiger partial charge in [-0.2, -0.15) is 0 Å². The quantitative estimate of drug-likeness (QED) is 0.706. The maximum atomic E-state index is 11.2. The molecule has 0 aliphatic heterocycles. The van der Waals surface area contributed by atoms with E-state index in [9.17, 15) is 4.79 Å². The molecule has 1 aliphatic rings. The summed E-state index contributed by atoms with van der Waals surface area (Å²) in [5.74, 6) is 0.209. The highest BCUT2D eigenvalue weighted by atomic mass is 79.9. The van der Waals surface area contributed by atoms with Crippen molar-refractivity contribution in [3.05, 3.63) is 32.2 Å². The highest BCUT2D eigenvalue weighted by molar-refractivity contribution is 9.10. The summed E-state index contributed by atoms with van der Waals surface area (Å²) in [6.45, 7) is 2.16. The Morgan fingerprint density at radius 2 is 2.12 bits per heavy atom. The van der Waals surface area contributed by atoms with Crippen LogP contribution in [-0.4, -0.2) is 22.3 Å². The smallest absolute Gasteiger partial charge is 0.388 e. The van der Waals surface area contributed by atoms with E-state index in [4.69, 9.17) is 21.8 Å². The van der Waals surface area contributed by atoms with E-state index >= 15 is 0 Å². The van der Waals surface area contributed by atoms with Crippen molar-refractivity contribution in [2.24, 2.45) is 11.7 Å². The van der Waals surface area contributed by atoms with Crippen molar-refractivity contribution < 1.29 is 4.42 Å². The first-order valence-corrected chi connectivity index (χ1v) is 9.18. The van der Waals surface area contributed by atoms with Gasteiger partial charge in [0.05, 0.1) is 10.7 Å². The third kappa shape index (κ3) is 3.84. The Labute approximate surface area is 153 Å². The Hall–Kier alpha value is -1.31. The highest BCUT2D eigenvalue weighted by Gasteiger charge is 2.24. The summed E-state index contributed by atoms with van der Waals surface area (Å²) in [6.07, 6.45) is 4.35. The molecular weight excluding hydrogens is 396 g/mol. The molecule has 1 aromatic heterocycles. The fraction of sp³-hybridized carbons (Fsp3) is 0.500. The molecule has 0 saturated heterocycles. The zero-order valence-corrected chi connectivity index (χ0v) is 15.7. The Kier molecular flexibility index (Phi) is 5.32. The minimum atomic E-state index is -0.586. The summed E-state index contributed by atoms with van der Waals surface area (Å²) >= 11 is 9.86. The third-order valence-corrected chi connectivity index (χ3v) is 5.88. The second-order valence-corrected chi connectivity index (χ2v) is 7.58. The Morgan fingerprint density at radius 3 is 2.75 bits per heavy atom. The number of hydrogen-bond donors (Lipinski definition) is 3. The number of rotatable bonds is 4. The zero-order chi connectivity index (χ0) is 17.3. The average Bonchev–Trinajstić information content (AvgIpc) is 2.98. The van der Waals surface area contributed by atoms with Crippen LogP contribution in [0.4, 0.5) is 5.69 Å². The van der Waals surface area contributed by atoms with Crippen LogP contribution in [0.3, 0.4) is 0 Å². The topological polar surface area (TPSA) is 96.9 Å². The molecule has 0 radical (unpaired) electrons. The van der Waals surface area contributed by atoms with Crippen LogP contribution in [-0.2, 0) is 0 Å². The van der Waals surface area contributed by atoms with E-state index in [0.29, 0.717) is 27.0 Å². The second kappa shape index (κ2) is 7.29. The van der Waals surface area contributed by atoms with Gasteiger partial charge in [-0.3, -0.25) is 0 Å². The Balaban J connectivity index is 1.82. The lowest BCUT2D eigenvalue weighted by Crippen LogP contribution is -2.34. The van der Waals surface area contributed by atoms with E-state index in [1.807, 2.05) is 6.07 Å². The van der Waals surface area contributed by atoms with Crippen LogP contribution >= 0.6 is 27.5 Å². The molecule has 1 aromatic carbocycles. The van der Waals surface area contributed by atoms with Crippen LogP contribution in [0.5, 0.6) is 0 Å². The first kappa shape index (κ1) is 17.5. The number of H-pyrrole nitrogens is 1. The molecule has 8 heteroatoms. The first-order valence-electron chi connectivity index (χ1n) is 8.01. The van der Waals surface area contributed by atoms with Crippen molar-refractivity contribution in [3.8, 4) is 11.5 Å². The lowest BCUT2D eigenvalue weighted by molar-refractivity contribution is 0.302. The number of nitrogens with two attached hydrogens (primary N) is 1. The van der Waals surface area contributed by atoms with Crippen LogP contribution in [0.25, 0.3) is 11.5 Å². The van der Waals surface area contributed by atoms with Gasteiger partial charge in [0.25, 0.3) is 0 Å². The number of halogens is 2. The SMILES string of the molecule is C[C@H](Nc1cc(-c2n[nH]c(=O)o2)cc(Br)c1Cl)C1CCC(N)CC1. The number of nitrogens with one attached hydrogen (secondary N) is 2. The number of benzene rings is 1. The summed E-state index contributed by atoms with van der Waals surface area (Å²) in [7, 11) is 0. The molecule has 1 aliphatic carbocycles. The average molecular weight is 416 g/mol. The normalized spacial score (nSPS) is 22.3. The zero-order valence-electron chi connectivity index (χ0n) is 13.3. The van der Waals surface area contributed by atoms with Gasteiger partial charge in [-0.25, -0.2) is 9.89 Å². The molecule has 2 aromatic rings. The molecule has 6 nitrogen and oxygen atoms in total. The third-order valence-electron chi connectivity index (χ3n) is 4.62. The molecule has 1 fully saturated rings. The van der Waals surface area contributed by atoms with Crippen molar-refractivity contribution >= 4 is 33.2 Å². The van der Waals surface area contributed by atoms with E-state index in [-0.39, 0.29) is 11.9 Å². The molecule has 0 spiro atoms. The second-order valence-electron chi connectivity index (χ2n) is 6.35. The van der Waals surface area contributed by atoms with Crippen LogP contribution < -0.4 is 16.8 Å². The van der Waals surface area contributed by atoms with Crippen molar-refractivity contribution in [1.29, 1.82) is 0 Å². The Bertz CT molecular complexity index is 768. The van der Waals surface area contributed by atoms with Gasteiger partial charge >= 0.3 is 5.76 Å². The minimum Gasteiger partial charge on any atom is -0.388 e. The highest BCUT2D eigenvalue weighted by Crippen LogP contribution is 2.36. The molecule has 1 heterocycles. The predicted octanol–water partition coefficient (Wildman–Crippen LogP) is 3.76. The molecule has 3 rings (SSSR count). The standard InChI is InChI=1S/C16H20BrClN4O2/c1-8(9-2-4-11(19)5-3-9)20-13-7-10(6-12(17)14(13)18)15-21-22-16(23)24-15/h6-9,11,20H,2-5,19H2,1H3,(H,22,23)/t8-,9?,11?/m0/s1. The summed E-state index contributed by atoms with van der Waals surface area (Å²) in [4.78, 5) is 11.2. The number of aromatic amines is 1. The van der Waals surface area contributed by atoms with Crippen LogP contribution in [0.15, 0.2) is 25.8 Å². The van der Waals surface area contributed by atoms with E-state index in [1.54, 1.807) is 6.07 Å². The van der Waals surface area contributed by atoms with Gasteiger partial charge in [0, 0.05) is 22.1 Å². The minimum absolute atomic E-state index is 0.233. The van der Waals surface area contributed by atoms with E-state index in [2.05, 4.69) is 38.4 Å². The van der Waals surface area contributed by atoms with Crippen LogP contribution in [0.1, 0.15) is 32.6 Å². The van der Waals surface area contributed by atoms with Gasteiger partial charge in [-0.1, -0.05) is 11.6 Å². The van der Waals surface area contributed by atoms with Gasteiger partial charge in [0.2, 0.25) is 5.89 Å². The molecule has 1 saturated carbocycles. The first-order chi connectivity index (χ1) is 11.4. The summed E-state index contributed by atoms with van der Waals surface area (Å²) in [5, 5.41) is 10.2. The number of hydrogen-bond acceptors (Lipinski definition) is 5. The molecule has 0 unspecified atom stereocenters. The number of anilines is 1. The maximum absolute atomic E-state index is 11.2. The van der Waals surface area contributed by atoms with Gasteiger partial charge < -0.3 is 15.5 Å². The van der Waals surface area contributed by atoms with Crippen molar-refractivity contribution in [2.75, 3.05) is 5.32 Å². The largest absolute Gasteiger partial charge is 0.434 e. The van der Waals surface area contributed by atoms with E-state index in [0.717, 1.165) is 31.4 Å². The summed E-state index contributed by atoms with van der Waals surface area (Å²) in [5.41, 5.74) is 7.44. The number of nitrogens with zero attached hydrogens (tertiary/aromatic N) is 1. The molecule has 24 heavy (non-hydrogen) atoms. The van der Waals surface area contributed by atoms with E-state index in [1.165, 1.54) is 0 Å². The van der Waals surface area contributed by atoms with Crippen LogP contribution in [0.2, 0.25) is 5.02 Å². The Morgan fingerprint density at radius 1 is 1.42 bits per heavy atom. The molecule has 0 amide bonds. The van der Waals surface area contributed by atoms with Gasteiger partial charge in [0.15, 0.2) is 0 Å². The van der Waals surface area contributed by atoms with E-state index < -0.39 is 5.76 Å². The molecule has 130 valence electrons. The van der Waals surface area contributed by atoms with Gasteiger partial charge in [0.1, 0.15) is 0 Å². The maximum Gasteiger partial charge on any atom is 0.434 e. The monoisotopic (exact) mass is 414 g/mol. The van der Waals surface area contributed by atoms with Crippen molar-refractivity contribution in [1.82, 2.24) is 10.2 Å². The molecule has 4 N–H and O–H groups in total. The van der Waals surface area contributed by atoms with Crippen molar-refractivity contribution in [3.63, 3.8) is 0 Å². The molecule has 1 atom stereocenters. The van der Waals surface area contributed by atoms with Crippen molar-refractivity contribution in [2.45, 2.75) is 44.7 Å². The fourth-order valence-corrected chi connectivity index (χ4v) is 3.80. The predicted molar refractivity (Wildman–Crippen MR) is 98.3 cm³/mol. The molecule has 0 bridgehead atoms. The van der Waals surface area contributed by atoms with Crippen LogP contribution in [0, 0.1) is 5.92 Å². The lowest BCUT2D eigenvalue weighted by atomic mass is 9.82. The number of aromatic nitrogens is 2. The summed E-state index contributed by atoms with van der Waals surface area (Å²) in [6, 6.07) is 4.22. The fourth-order valence-electron chi connectivity index (χ4n) is 3.18. The van der Waals surface area contributed by atoms with Gasteiger partial charge in [-0.05, 0) is 66.6 Å². The van der Waals surface area contributed by atoms with Gasteiger partial charge in [-0.15, -0.1) is 5.10 Å². The molecular formula is C16H20BrClN4O2. The lowest BCUT2D eigenvalue weighted by Gasteiger charge is -2.32.